The number of hydrogen-bond donors (Lipinski definition) is 1. The fourth-order valence-corrected chi connectivity index (χ4v) is 2.84. The van der Waals surface area contributed by atoms with Crippen molar-refractivity contribution in [2.24, 2.45) is 0 Å². The molecule has 1 fully saturated rings. The highest BCUT2D eigenvalue weighted by Gasteiger charge is 2.10. The molecule has 0 aliphatic carbocycles. The van der Waals surface area contributed by atoms with Crippen molar-refractivity contribution in [1.82, 2.24) is 10.4 Å². The fraction of sp³-hybridized carbons (Fsp3) is 0.316. The molecule has 1 amide bonds. The molecule has 4 heteroatoms. The largest absolute Gasteiger partial charge is 0.497 e. The van der Waals surface area contributed by atoms with E-state index < -0.39 is 0 Å². The summed E-state index contributed by atoms with van der Waals surface area (Å²) < 4.78 is 5.23. The number of rotatable bonds is 4. The summed E-state index contributed by atoms with van der Waals surface area (Å²) in [5.74, 6) is 0.781. The SMILES string of the molecule is COc1ccc2cc(/C=C/C(=O)NN3CCCCC3)ccc2c1. The van der Waals surface area contributed by atoms with Crippen LogP contribution in [0.5, 0.6) is 5.75 Å². The molecule has 0 unspecified atom stereocenters. The van der Waals surface area contributed by atoms with Gasteiger partial charge in [0.15, 0.2) is 0 Å². The Kier molecular flexibility index (Phi) is 4.93. The number of benzene rings is 2. The zero-order valence-corrected chi connectivity index (χ0v) is 13.4. The van der Waals surface area contributed by atoms with Gasteiger partial charge in [-0.3, -0.25) is 10.2 Å². The van der Waals surface area contributed by atoms with Crippen molar-refractivity contribution < 1.29 is 9.53 Å². The van der Waals surface area contributed by atoms with E-state index in [1.165, 1.54) is 6.42 Å². The number of nitrogens with one attached hydrogen (secondary N) is 1. The second-order valence-electron chi connectivity index (χ2n) is 5.83. The number of hydrazine groups is 1. The monoisotopic (exact) mass is 310 g/mol. The van der Waals surface area contributed by atoms with E-state index in [9.17, 15) is 4.79 Å². The molecule has 2 aromatic carbocycles. The van der Waals surface area contributed by atoms with Gasteiger partial charge >= 0.3 is 0 Å². The third-order valence-corrected chi connectivity index (χ3v) is 4.12. The number of methoxy groups -OCH3 is 1. The third-order valence-electron chi connectivity index (χ3n) is 4.12. The molecule has 0 bridgehead atoms. The highest BCUT2D eigenvalue weighted by Crippen LogP contribution is 2.22. The van der Waals surface area contributed by atoms with Crippen LogP contribution in [0.1, 0.15) is 24.8 Å². The number of carbonyl (C=O) groups excluding carboxylic acids is 1. The average Bonchev–Trinajstić information content (AvgIpc) is 2.60. The zero-order valence-electron chi connectivity index (χ0n) is 13.4. The Labute approximate surface area is 136 Å². The lowest BCUT2D eigenvalue weighted by atomic mass is 10.1. The second-order valence-corrected chi connectivity index (χ2v) is 5.83. The first-order chi connectivity index (χ1) is 11.2. The molecule has 1 saturated heterocycles. The maximum atomic E-state index is 12.0. The maximum Gasteiger partial charge on any atom is 0.258 e. The minimum Gasteiger partial charge on any atom is -0.497 e. The molecule has 0 aromatic heterocycles. The minimum absolute atomic E-state index is 0.0678. The van der Waals surface area contributed by atoms with Crippen LogP contribution >= 0.6 is 0 Å². The molecule has 4 nitrogen and oxygen atoms in total. The topological polar surface area (TPSA) is 41.6 Å². The van der Waals surface area contributed by atoms with Gasteiger partial charge in [-0.2, -0.15) is 0 Å². The standard InChI is InChI=1S/C19H22N2O2/c1-23-18-9-8-16-13-15(5-7-17(16)14-18)6-10-19(22)20-21-11-3-2-4-12-21/h5-10,13-14H,2-4,11-12H2,1H3,(H,20,22)/b10-6+. The van der Waals surface area contributed by atoms with E-state index in [1.807, 2.05) is 41.4 Å². The molecule has 1 N–H and O–H groups in total. The van der Waals surface area contributed by atoms with Gasteiger partial charge in [0.1, 0.15) is 5.75 Å². The van der Waals surface area contributed by atoms with Gasteiger partial charge in [-0.15, -0.1) is 0 Å². The van der Waals surface area contributed by atoms with Crippen molar-refractivity contribution in [2.45, 2.75) is 19.3 Å². The summed E-state index contributed by atoms with van der Waals surface area (Å²) in [5, 5.41) is 4.26. The highest BCUT2D eigenvalue weighted by molar-refractivity contribution is 5.92. The Bertz CT molecular complexity index is 718. The molecule has 2 aromatic rings. The van der Waals surface area contributed by atoms with Gasteiger partial charge in [0.2, 0.25) is 0 Å². The van der Waals surface area contributed by atoms with Crippen molar-refractivity contribution in [2.75, 3.05) is 20.2 Å². The summed E-state index contributed by atoms with van der Waals surface area (Å²) in [7, 11) is 1.67. The van der Waals surface area contributed by atoms with Crippen molar-refractivity contribution in [3.63, 3.8) is 0 Å². The quantitative estimate of drug-likeness (QED) is 0.880. The average molecular weight is 310 g/mol. The van der Waals surface area contributed by atoms with E-state index in [2.05, 4.69) is 11.5 Å². The number of carbonyl (C=O) groups is 1. The van der Waals surface area contributed by atoms with Crippen molar-refractivity contribution in [1.29, 1.82) is 0 Å². The van der Waals surface area contributed by atoms with Crippen LogP contribution in [0.3, 0.4) is 0 Å². The van der Waals surface area contributed by atoms with Gasteiger partial charge in [0.25, 0.3) is 5.91 Å². The van der Waals surface area contributed by atoms with Crippen LogP contribution in [0.25, 0.3) is 16.8 Å². The first-order valence-corrected chi connectivity index (χ1v) is 8.06. The molecule has 3 rings (SSSR count). The molecule has 1 aliphatic rings. The Morgan fingerprint density at radius 3 is 2.61 bits per heavy atom. The fourth-order valence-electron chi connectivity index (χ4n) is 2.84. The van der Waals surface area contributed by atoms with Gasteiger partial charge in [-0.1, -0.05) is 24.6 Å². The maximum absolute atomic E-state index is 12.0. The molecule has 1 aliphatic heterocycles. The van der Waals surface area contributed by atoms with Crippen LogP contribution in [0, 0.1) is 0 Å². The van der Waals surface area contributed by atoms with Crippen molar-refractivity contribution in [3.05, 3.63) is 48.0 Å². The molecule has 0 atom stereocenters. The van der Waals surface area contributed by atoms with Gasteiger partial charge in [0.05, 0.1) is 7.11 Å². The lowest BCUT2D eigenvalue weighted by molar-refractivity contribution is -0.121. The van der Waals surface area contributed by atoms with Crippen LogP contribution in [-0.2, 0) is 4.79 Å². The Hall–Kier alpha value is -2.33. The van der Waals surface area contributed by atoms with Crippen LogP contribution in [0.2, 0.25) is 0 Å². The van der Waals surface area contributed by atoms with E-state index >= 15 is 0 Å². The first-order valence-electron chi connectivity index (χ1n) is 8.06. The van der Waals surface area contributed by atoms with Crippen LogP contribution in [0.15, 0.2) is 42.5 Å². The summed E-state index contributed by atoms with van der Waals surface area (Å²) in [5.41, 5.74) is 3.94. The second kappa shape index (κ2) is 7.29. The molecule has 0 spiro atoms. The van der Waals surface area contributed by atoms with Crippen LogP contribution < -0.4 is 10.2 Å². The zero-order chi connectivity index (χ0) is 16.1. The lowest BCUT2D eigenvalue weighted by Gasteiger charge is -2.26. The number of nitrogens with zero attached hydrogens (tertiary/aromatic N) is 1. The minimum atomic E-state index is -0.0678. The van der Waals surface area contributed by atoms with Crippen molar-refractivity contribution in [3.8, 4) is 5.75 Å². The molecule has 1 heterocycles. The summed E-state index contributed by atoms with van der Waals surface area (Å²) in [6, 6.07) is 12.1. The number of ether oxygens (including phenoxy) is 1. The molecular weight excluding hydrogens is 288 g/mol. The van der Waals surface area contributed by atoms with Gasteiger partial charge in [0, 0.05) is 19.2 Å². The van der Waals surface area contributed by atoms with Crippen LogP contribution in [-0.4, -0.2) is 31.1 Å². The Balaban J connectivity index is 1.66. The Morgan fingerprint density at radius 2 is 1.83 bits per heavy atom. The van der Waals surface area contributed by atoms with Gasteiger partial charge in [-0.25, -0.2) is 5.01 Å². The number of amides is 1. The molecule has 0 saturated carbocycles. The summed E-state index contributed by atoms with van der Waals surface area (Å²) in [6.07, 6.45) is 7.00. The number of hydrogen-bond acceptors (Lipinski definition) is 3. The first kappa shape index (κ1) is 15.6. The summed E-state index contributed by atoms with van der Waals surface area (Å²) in [6.45, 7) is 1.88. The van der Waals surface area contributed by atoms with E-state index in [0.717, 1.165) is 48.0 Å². The van der Waals surface area contributed by atoms with Gasteiger partial charge in [-0.05, 0) is 53.5 Å². The summed E-state index contributed by atoms with van der Waals surface area (Å²) >= 11 is 0. The predicted octanol–water partition coefficient (Wildman–Crippen LogP) is 3.38. The summed E-state index contributed by atoms with van der Waals surface area (Å²) in [4.78, 5) is 12.0. The van der Waals surface area contributed by atoms with E-state index in [-0.39, 0.29) is 5.91 Å². The smallest absolute Gasteiger partial charge is 0.258 e. The van der Waals surface area contributed by atoms with Crippen LogP contribution in [0.4, 0.5) is 0 Å². The highest BCUT2D eigenvalue weighted by atomic mass is 16.5. The number of fused-ring (bicyclic) bond motifs is 1. The third kappa shape index (κ3) is 4.11. The Morgan fingerprint density at radius 1 is 1.09 bits per heavy atom. The molecule has 120 valence electrons. The molecular formula is C19H22N2O2. The molecule has 23 heavy (non-hydrogen) atoms. The van der Waals surface area contributed by atoms with E-state index in [1.54, 1.807) is 13.2 Å². The van der Waals surface area contributed by atoms with E-state index in [4.69, 9.17) is 4.74 Å². The number of piperidine rings is 1. The predicted molar refractivity (Wildman–Crippen MR) is 93.1 cm³/mol. The van der Waals surface area contributed by atoms with E-state index in [0.29, 0.717) is 0 Å². The molecule has 0 radical (unpaired) electrons. The van der Waals surface area contributed by atoms with Crippen molar-refractivity contribution >= 4 is 22.8 Å². The normalized spacial score (nSPS) is 15.9. The lowest BCUT2D eigenvalue weighted by Crippen LogP contribution is -2.44. The van der Waals surface area contributed by atoms with Gasteiger partial charge < -0.3 is 4.74 Å².